The van der Waals surface area contributed by atoms with Crippen LogP contribution in [0, 0.1) is 0 Å². The smallest absolute Gasteiger partial charge is 0.338 e. The molecule has 1 aromatic carbocycles. The summed E-state index contributed by atoms with van der Waals surface area (Å²) in [5, 5.41) is 3.83. The van der Waals surface area contributed by atoms with Crippen molar-refractivity contribution < 1.29 is 27.2 Å². The van der Waals surface area contributed by atoms with Gasteiger partial charge in [-0.25, -0.2) is 17.9 Å². The Morgan fingerprint density at radius 3 is 2.93 bits per heavy atom. The molecule has 1 aliphatic rings. The van der Waals surface area contributed by atoms with Gasteiger partial charge < -0.3 is 14.0 Å². The molecule has 0 aliphatic carbocycles. The maximum absolute atomic E-state index is 12.7. The second-order valence-corrected chi connectivity index (χ2v) is 9.12. The Kier molecular flexibility index (Phi) is 7.45. The molecular formula is C19H24ClN3O6S. The zero-order valence-corrected chi connectivity index (χ0v) is 18.3. The quantitative estimate of drug-likeness (QED) is 0.570. The van der Waals surface area contributed by atoms with Crippen LogP contribution in [0.15, 0.2) is 27.6 Å². The molecule has 1 saturated heterocycles. The first-order valence-electron chi connectivity index (χ1n) is 9.74. The zero-order chi connectivity index (χ0) is 21.7. The minimum atomic E-state index is -3.93. The van der Waals surface area contributed by atoms with E-state index >= 15 is 0 Å². The predicted octanol–water partition coefficient (Wildman–Crippen LogP) is 3.05. The zero-order valence-electron chi connectivity index (χ0n) is 16.8. The van der Waals surface area contributed by atoms with Crippen LogP contribution >= 0.6 is 11.6 Å². The van der Waals surface area contributed by atoms with Crippen LogP contribution in [0.2, 0.25) is 5.02 Å². The van der Waals surface area contributed by atoms with Gasteiger partial charge in [-0.05, 0) is 44.4 Å². The molecule has 0 amide bonds. The van der Waals surface area contributed by atoms with Crippen LogP contribution in [0.4, 0.5) is 0 Å². The summed E-state index contributed by atoms with van der Waals surface area (Å²) in [5.41, 5.74) is 0.0389. The lowest BCUT2D eigenvalue weighted by Gasteiger charge is -2.14. The minimum Gasteiger partial charge on any atom is -0.449 e. The molecule has 30 heavy (non-hydrogen) atoms. The monoisotopic (exact) mass is 457 g/mol. The molecule has 0 bridgehead atoms. The molecule has 164 valence electrons. The van der Waals surface area contributed by atoms with E-state index in [0.717, 1.165) is 19.3 Å². The van der Waals surface area contributed by atoms with Crippen molar-refractivity contribution in [3.63, 3.8) is 0 Å². The van der Waals surface area contributed by atoms with E-state index in [1.165, 1.54) is 18.2 Å². The molecule has 9 nitrogen and oxygen atoms in total. The topological polar surface area (TPSA) is 121 Å². The van der Waals surface area contributed by atoms with Gasteiger partial charge in [-0.2, -0.15) is 4.98 Å². The molecule has 11 heteroatoms. The highest BCUT2D eigenvalue weighted by atomic mass is 35.5. The number of nitrogens with one attached hydrogen (secondary N) is 1. The summed E-state index contributed by atoms with van der Waals surface area (Å²) in [6.07, 6.45) is 2.24. The van der Waals surface area contributed by atoms with Gasteiger partial charge in [-0.15, -0.1) is 0 Å². The molecule has 1 aliphatic heterocycles. The molecule has 0 spiro atoms. The Labute approximate surface area is 180 Å². The number of halogens is 1. The molecule has 0 radical (unpaired) electrons. The molecule has 2 aromatic rings. The van der Waals surface area contributed by atoms with Gasteiger partial charge >= 0.3 is 5.97 Å². The van der Waals surface area contributed by atoms with Crippen molar-refractivity contribution >= 4 is 27.6 Å². The van der Waals surface area contributed by atoms with Gasteiger partial charge in [0.05, 0.1) is 16.7 Å². The van der Waals surface area contributed by atoms with Crippen molar-refractivity contribution in [2.75, 3.05) is 13.2 Å². The molecule has 2 unspecified atom stereocenters. The van der Waals surface area contributed by atoms with E-state index in [1.54, 1.807) is 6.92 Å². The van der Waals surface area contributed by atoms with Crippen molar-refractivity contribution in [2.45, 2.75) is 56.6 Å². The Bertz CT molecular complexity index is 988. The number of sulfonamides is 1. The number of hydrogen-bond acceptors (Lipinski definition) is 8. The molecular weight excluding hydrogens is 434 g/mol. The number of carbonyl (C=O) groups is 1. The Morgan fingerprint density at radius 2 is 2.23 bits per heavy atom. The number of aryl methyl sites for hydroxylation is 1. The summed E-state index contributed by atoms with van der Waals surface area (Å²) < 4.78 is 43.7. The first-order chi connectivity index (χ1) is 14.3. The largest absolute Gasteiger partial charge is 0.449 e. The highest BCUT2D eigenvalue weighted by molar-refractivity contribution is 7.89. The van der Waals surface area contributed by atoms with E-state index in [-0.39, 0.29) is 34.0 Å². The van der Waals surface area contributed by atoms with Gasteiger partial charge in [0.1, 0.15) is 4.90 Å². The third-order valence-electron chi connectivity index (χ3n) is 4.57. The molecule has 3 rings (SSSR count). The van der Waals surface area contributed by atoms with Crippen molar-refractivity contribution in [3.05, 3.63) is 40.5 Å². The van der Waals surface area contributed by atoms with Gasteiger partial charge in [-0.3, -0.25) is 0 Å². The first kappa shape index (κ1) is 22.7. The number of hydrogen-bond donors (Lipinski definition) is 1. The average Bonchev–Trinajstić information content (AvgIpc) is 3.39. The predicted molar refractivity (Wildman–Crippen MR) is 108 cm³/mol. The van der Waals surface area contributed by atoms with Crippen LogP contribution in [0.25, 0.3) is 0 Å². The summed E-state index contributed by atoms with van der Waals surface area (Å²) in [4.78, 5) is 16.5. The van der Waals surface area contributed by atoms with Gasteiger partial charge in [0.25, 0.3) is 5.89 Å². The number of esters is 1. The third-order valence-corrected chi connectivity index (χ3v) is 6.48. The molecule has 2 heterocycles. The van der Waals surface area contributed by atoms with E-state index in [0.29, 0.717) is 18.9 Å². The Balaban J connectivity index is 1.70. The van der Waals surface area contributed by atoms with Gasteiger partial charge in [-0.1, -0.05) is 23.7 Å². The fraction of sp³-hybridized carbons (Fsp3) is 0.526. The van der Waals surface area contributed by atoms with Crippen molar-refractivity contribution in [3.8, 4) is 0 Å². The summed E-state index contributed by atoms with van der Waals surface area (Å²) >= 11 is 6.08. The van der Waals surface area contributed by atoms with Crippen molar-refractivity contribution in [1.82, 2.24) is 14.9 Å². The average molecular weight is 458 g/mol. The molecule has 1 fully saturated rings. The van der Waals surface area contributed by atoms with Gasteiger partial charge in [0, 0.05) is 19.6 Å². The van der Waals surface area contributed by atoms with Crippen LogP contribution in [-0.4, -0.2) is 43.8 Å². The second kappa shape index (κ2) is 9.86. The Morgan fingerprint density at radius 1 is 1.43 bits per heavy atom. The van der Waals surface area contributed by atoms with E-state index in [9.17, 15) is 13.2 Å². The normalized spacial score (nSPS) is 17.8. The summed E-state index contributed by atoms with van der Waals surface area (Å²) in [6, 6.07) is 3.92. The highest BCUT2D eigenvalue weighted by Crippen LogP contribution is 2.25. The summed E-state index contributed by atoms with van der Waals surface area (Å²) in [7, 11) is -3.93. The summed E-state index contributed by atoms with van der Waals surface area (Å²) in [6.45, 7) is 4.34. The van der Waals surface area contributed by atoms with Crippen LogP contribution in [0.5, 0.6) is 0 Å². The molecule has 1 N–H and O–H groups in total. The standard InChI is InChI=1S/C19H24ClN3O6S/c1-3-5-17-22-18(29-23-17)12(2)28-19(24)13-7-8-15(20)16(10-13)30(25,26)21-11-14-6-4-9-27-14/h7-8,10,12,14,21H,3-6,9,11H2,1-2H3. The number of ether oxygens (including phenoxy) is 2. The first-order valence-corrected chi connectivity index (χ1v) is 11.6. The Hall–Kier alpha value is -2.01. The molecule has 2 atom stereocenters. The van der Waals surface area contributed by atoms with E-state index in [2.05, 4.69) is 14.9 Å². The van der Waals surface area contributed by atoms with Crippen molar-refractivity contribution in [2.24, 2.45) is 0 Å². The fourth-order valence-electron chi connectivity index (χ4n) is 2.96. The fourth-order valence-corrected chi connectivity index (χ4v) is 4.55. The molecule has 0 saturated carbocycles. The molecule has 1 aromatic heterocycles. The van der Waals surface area contributed by atoms with Crippen LogP contribution in [0.1, 0.15) is 61.3 Å². The maximum atomic E-state index is 12.7. The lowest BCUT2D eigenvalue weighted by atomic mass is 10.2. The number of benzene rings is 1. The van der Waals surface area contributed by atoms with Crippen LogP contribution in [0.3, 0.4) is 0 Å². The third kappa shape index (κ3) is 5.57. The van der Waals surface area contributed by atoms with E-state index in [4.69, 9.17) is 25.6 Å². The van der Waals surface area contributed by atoms with Gasteiger partial charge in [0.15, 0.2) is 11.9 Å². The van der Waals surface area contributed by atoms with Crippen LogP contribution < -0.4 is 4.72 Å². The lowest BCUT2D eigenvalue weighted by molar-refractivity contribution is 0.0265. The van der Waals surface area contributed by atoms with E-state index < -0.39 is 22.1 Å². The van der Waals surface area contributed by atoms with Gasteiger partial charge in [0.2, 0.25) is 10.0 Å². The minimum absolute atomic E-state index is 0.000507. The van der Waals surface area contributed by atoms with E-state index in [1.807, 2.05) is 6.92 Å². The SMILES string of the molecule is CCCc1noc(C(C)OC(=O)c2ccc(Cl)c(S(=O)(=O)NCC3CCCO3)c2)n1. The lowest BCUT2D eigenvalue weighted by Crippen LogP contribution is -2.32. The van der Waals surface area contributed by atoms with Crippen molar-refractivity contribution in [1.29, 1.82) is 0 Å². The number of nitrogens with zero attached hydrogens (tertiary/aromatic N) is 2. The summed E-state index contributed by atoms with van der Waals surface area (Å²) in [5.74, 6) is -0.0237. The maximum Gasteiger partial charge on any atom is 0.338 e. The number of rotatable bonds is 9. The number of aromatic nitrogens is 2. The second-order valence-electron chi connectivity index (χ2n) is 6.98. The highest BCUT2D eigenvalue weighted by Gasteiger charge is 2.25. The number of carbonyl (C=O) groups excluding carboxylic acids is 1. The van der Waals surface area contributed by atoms with Crippen LogP contribution in [-0.2, 0) is 25.9 Å².